The predicted molar refractivity (Wildman–Crippen MR) is 76.7 cm³/mol. The summed E-state index contributed by atoms with van der Waals surface area (Å²) in [6.07, 6.45) is 0. The summed E-state index contributed by atoms with van der Waals surface area (Å²) in [5.74, 6) is -5.98. The van der Waals surface area contributed by atoms with Crippen molar-refractivity contribution in [1.29, 1.82) is 0 Å². The van der Waals surface area contributed by atoms with E-state index in [9.17, 15) is 22.8 Å². The van der Waals surface area contributed by atoms with Crippen molar-refractivity contribution < 1.29 is 27.5 Å². The van der Waals surface area contributed by atoms with E-state index in [1.807, 2.05) is 0 Å². The molecule has 0 saturated carbocycles. The molecule has 0 heterocycles. The average molecular weight is 323 g/mol. The molecule has 0 fully saturated rings. The van der Waals surface area contributed by atoms with Gasteiger partial charge in [0.1, 0.15) is 0 Å². The number of hydrogen-bond donors (Lipinski definition) is 1. The van der Waals surface area contributed by atoms with Gasteiger partial charge in [0, 0.05) is 11.3 Å². The monoisotopic (exact) mass is 323 g/mol. The van der Waals surface area contributed by atoms with Crippen LogP contribution in [0.25, 0.3) is 0 Å². The summed E-state index contributed by atoms with van der Waals surface area (Å²) in [5, 5.41) is 2.37. The Morgan fingerprint density at radius 1 is 1.04 bits per heavy atom. The third kappa shape index (κ3) is 3.88. The van der Waals surface area contributed by atoms with E-state index in [0.717, 1.165) is 0 Å². The summed E-state index contributed by atoms with van der Waals surface area (Å²) >= 11 is 0. The van der Waals surface area contributed by atoms with Crippen LogP contribution in [-0.4, -0.2) is 18.5 Å². The summed E-state index contributed by atoms with van der Waals surface area (Å²) < 4.78 is 44.0. The fourth-order valence-electron chi connectivity index (χ4n) is 1.83. The summed E-state index contributed by atoms with van der Waals surface area (Å²) in [5.41, 5.74) is 0.0507. The lowest BCUT2D eigenvalue weighted by Crippen LogP contribution is -2.14. The van der Waals surface area contributed by atoms with Crippen LogP contribution in [0.15, 0.2) is 36.4 Å². The molecule has 0 aliphatic heterocycles. The lowest BCUT2D eigenvalue weighted by atomic mass is 10.1. The Morgan fingerprint density at radius 2 is 1.70 bits per heavy atom. The molecule has 4 nitrogen and oxygen atoms in total. The molecule has 2 aromatic rings. The van der Waals surface area contributed by atoms with E-state index in [0.29, 0.717) is 12.1 Å². The highest BCUT2D eigenvalue weighted by Gasteiger charge is 2.15. The van der Waals surface area contributed by atoms with Crippen LogP contribution < -0.4 is 5.32 Å². The third-order valence-electron chi connectivity index (χ3n) is 2.88. The molecule has 120 valence electrons. The molecule has 0 radical (unpaired) electrons. The molecule has 0 bridgehead atoms. The van der Waals surface area contributed by atoms with Gasteiger partial charge in [-0.15, -0.1) is 0 Å². The minimum Gasteiger partial charge on any atom is -0.462 e. The van der Waals surface area contributed by atoms with Gasteiger partial charge in [-0.2, -0.15) is 0 Å². The molecule has 0 aromatic heterocycles. The van der Waals surface area contributed by atoms with Crippen molar-refractivity contribution >= 4 is 17.6 Å². The van der Waals surface area contributed by atoms with E-state index >= 15 is 0 Å². The number of benzene rings is 2. The van der Waals surface area contributed by atoms with Crippen molar-refractivity contribution in [2.75, 3.05) is 11.9 Å². The number of amides is 1. The van der Waals surface area contributed by atoms with Gasteiger partial charge in [0.2, 0.25) is 0 Å². The SMILES string of the molecule is CCOC(=O)c1cccc(NC(=O)c2cc(F)c(F)c(F)c2)c1. The summed E-state index contributed by atoms with van der Waals surface area (Å²) in [4.78, 5) is 23.6. The molecule has 0 spiro atoms. The Hall–Kier alpha value is -2.83. The largest absolute Gasteiger partial charge is 0.462 e. The number of hydrogen-bond acceptors (Lipinski definition) is 3. The van der Waals surface area contributed by atoms with Crippen LogP contribution in [0.2, 0.25) is 0 Å². The molecule has 0 unspecified atom stereocenters. The molecule has 0 aliphatic rings. The molecule has 2 aromatic carbocycles. The number of halogens is 3. The lowest BCUT2D eigenvalue weighted by molar-refractivity contribution is 0.0526. The van der Waals surface area contributed by atoms with Gasteiger partial charge in [-0.1, -0.05) is 6.07 Å². The second kappa shape index (κ2) is 6.95. The fourth-order valence-corrected chi connectivity index (χ4v) is 1.83. The summed E-state index contributed by atoms with van der Waals surface area (Å²) in [7, 11) is 0. The van der Waals surface area contributed by atoms with Crippen molar-refractivity contribution in [3.05, 3.63) is 65.0 Å². The fraction of sp³-hybridized carbons (Fsp3) is 0.125. The molecule has 2 rings (SSSR count). The minimum absolute atomic E-state index is 0.198. The van der Waals surface area contributed by atoms with Crippen LogP contribution in [-0.2, 0) is 4.74 Å². The Bertz CT molecular complexity index is 739. The van der Waals surface area contributed by atoms with Crippen molar-refractivity contribution in [3.8, 4) is 0 Å². The third-order valence-corrected chi connectivity index (χ3v) is 2.88. The van der Waals surface area contributed by atoms with Gasteiger partial charge in [0.05, 0.1) is 12.2 Å². The zero-order valence-corrected chi connectivity index (χ0v) is 12.0. The highest BCUT2D eigenvalue weighted by molar-refractivity contribution is 6.04. The van der Waals surface area contributed by atoms with E-state index in [1.54, 1.807) is 6.92 Å². The number of carbonyl (C=O) groups is 2. The number of anilines is 1. The Kier molecular flexibility index (Phi) is 5.00. The van der Waals surface area contributed by atoms with Crippen molar-refractivity contribution in [2.45, 2.75) is 6.92 Å². The maximum Gasteiger partial charge on any atom is 0.338 e. The van der Waals surface area contributed by atoms with Gasteiger partial charge in [-0.05, 0) is 37.3 Å². The Balaban J connectivity index is 2.21. The molecule has 7 heteroatoms. The van der Waals surface area contributed by atoms with Gasteiger partial charge in [-0.25, -0.2) is 18.0 Å². The molecular formula is C16H12F3NO3. The van der Waals surface area contributed by atoms with Gasteiger partial charge < -0.3 is 10.1 Å². The minimum atomic E-state index is -1.65. The highest BCUT2D eigenvalue weighted by atomic mass is 19.2. The number of rotatable bonds is 4. The van der Waals surface area contributed by atoms with Crippen LogP contribution in [0, 0.1) is 17.5 Å². The van der Waals surface area contributed by atoms with Gasteiger partial charge in [0.25, 0.3) is 5.91 Å². The first kappa shape index (κ1) is 16.5. The quantitative estimate of drug-likeness (QED) is 0.692. The summed E-state index contributed by atoms with van der Waals surface area (Å²) in [6, 6.07) is 7.01. The second-order valence-corrected chi connectivity index (χ2v) is 4.51. The number of ether oxygens (including phenoxy) is 1. The molecule has 0 atom stereocenters. The van der Waals surface area contributed by atoms with Crippen LogP contribution >= 0.6 is 0 Å². The second-order valence-electron chi connectivity index (χ2n) is 4.51. The average Bonchev–Trinajstić information content (AvgIpc) is 2.52. The molecular weight excluding hydrogens is 311 g/mol. The van der Waals surface area contributed by atoms with Crippen LogP contribution in [0.1, 0.15) is 27.6 Å². The summed E-state index contributed by atoms with van der Waals surface area (Å²) in [6.45, 7) is 1.85. The highest BCUT2D eigenvalue weighted by Crippen LogP contribution is 2.17. The Labute approximate surface area is 129 Å². The zero-order chi connectivity index (χ0) is 17.0. The van der Waals surface area contributed by atoms with Crippen LogP contribution in [0.5, 0.6) is 0 Å². The molecule has 1 amide bonds. The first-order chi connectivity index (χ1) is 10.9. The Morgan fingerprint density at radius 3 is 2.30 bits per heavy atom. The van der Waals surface area contributed by atoms with Crippen LogP contribution in [0.3, 0.4) is 0 Å². The van der Waals surface area contributed by atoms with Gasteiger partial charge in [-0.3, -0.25) is 4.79 Å². The van der Waals surface area contributed by atoms with Gasteiger partial charge in [0.15, 0.2) is 17.5 Å². The van der Waals surface area contributed by atoms with Gasteiger partial charge >= 0.3 is 5.97 Å². The van der Waals surface area contributed by atoms with Crippen molar-refractivity contribution in [2.24, 2.45) is 0 Å². The maximum absolute atomic E-state index is 13.1. The van der Waals surface area contributed by atoms with E-state index in [-0.39, 0.29) is 23.4 Å². The number of carbonyl (C=O) groups excluding carboxylic acids is 2. The molecule has 0 saturated heterocycles. The molecule has 1 N–H and O–H groups in total. The molecule has 23 heavy (non-hydrogen) atoms. The van der Waals surface area contributed by atoms with E-state index in [1.165, 1.54) is 24.3 Å². The van der Waals surface area contributed by atoms with E-state index in [4.69, 9.17) is 4.74 Å². The predicted octanol–water partition coefficient (Wildman–Crippen LogP) is 3.53. The zero-order valence-electron chi connectivity index (χ0n) is 12.0. The first-order valence-corrected chi connectivity index (χ1v) is 6.65. The molecule has 0 aliphatic carbocycles. The lowest BCUT2D eigenvalue weighted by Gasteiger charge is -2.08. The normalized spacial score (nSPS) is 10.3. The topological polar surface area (TPSA) is 55.4 Å². The number of nitrogens with one attached hydrogen (secondary N) is 1. The number of esters is 1. The van der Waals surface area contributed by atoms with Crippen molar-refractivity contribution in [3.63, 3.8) is 0 Å². The standard InChI is InChI=1S/C16H12F3NO3/c1-2-23-16(22)9-4-3-5-11(6-9)20-15(21)10-7-12(17)14(19)13(18)8-10/h3-8H,2H2,1H3,(H,20,21). The van der Waals surface area contributed by atoms with Crippen LogP contribution in [0.4, 0.5) is 18.9 Å². The first-order valence-electron chi connectivity index (χ1n) is 6.65. The smallest absolute Gasteiger partial charge is 0.338 e. The van der Waals surface area contributed by atoms with Crippen molar-refractivity contribution in [1.82, 2.24) is 0 Å². The maximum atomic E-state index is 13.1. The van der Waals surface area contributed by atoms with E-state index in [2.05, 4.69) is 5.32 Å². The van der Waals surface area contributed by atoms with E-state index < -0.39 is 29.3 Å².